The zero-order chi connectivity index (χ0) is 19.7. The SMILES string of the molecule is NC(=O)n1nnc(Cc2cc(Cl)c(C(=O)c3ccc(Cl)cc3)c(Cl)c2)c1N. The molecule has 0 saturated carbocycles. The van der Waals surface area contributed by atoms with Crippen molar-refractivity contribution in [2.45, 2.75) is 6.42 Å². The van der Waals surface area contributed by atoms with Gasteiger partial charge in [0.1, 0.15) is 5.69 Å². The predicted octanol–water partition coefficient (Wildman–Crippen LogP) is 3.57. The first-order valence-corrected chi connectivity index (χ1v) is 8.69. The summed E-state index contributed by atoms with van der Waals surface area (Å²) in [6.07, 6.45) is 0.202. The van der Waals surface area contributed by atoms with Crippen molar-refractivity contribution in [2.24, 2.45) is 5.73 Å². The van der Waals surface area contributed by atoms with E-state index < -0.39 is 6.03 Å². The molecule has 1 amide bonds. The summed E-state index contributed by atoms with van der Waals surface area (Å²) in [6, 6.07) is 8.72. The van der Waals surface area contributed by atoms with Crippen molar-refractivity contribution in [3.8, 4) is 0 Å². The van der Waals surface area contributed by atoms with E-state index >= 15 is 0 Å². The van der Waals surface area contributed by atoms with Gasteiger partial charge < -0.3 is 11.5 Å². The number of carbonyl (C=O) groups excluding carboxylic acids is 2. The molecule has 0 aliphatic carbocycles. The van der Waals surface area contributed by atoms with E-state index in [-0.39, 0.29) is 33.6 Å². The molecular formula is C17H12Cl3N5O2. The molecule has 2 aromatic carbocycles. The molecule has 0 unspecified atom stereocenters. The molecule has 0 spiro atoms. The number of halogens is 3. The minimum atomic E-state index is -0.841. The Bertz CT molecular complexity index is 1020. The van der Waals surface area contributed by atoms with Gasteiger partial charge in [-0.15, -0.1) is 9.78 Å². The molecule has 1 aromatic heterocycles. The van der Waals surface area contributed by atoms with Gasteiger partial charge in [-0.25, -0.2) is 4.79 Å². The van der Waals surface area contributed by atoms with Crippen molar-refractivity contribution < 1.29 is 9.59 Å². The summed E-state index contributed by atoms with van der Waals surface area (Å²) in [5, 5.41) is 8.28. The van der Waals surface area contributed by atoms with Crippen molar-refractivity contribution in [3.05, 3.63) is 73.9 Å². The second-order valence-electron chi connectivity index (χ2n) is 5.62. The number of nitrogen functional groups attached to an aromatic ring is 1. The Morgan fingerprint density at radius 3 is 2.15 bits per heavy atom. The van der Waals surface area contributed by atoms with Crippen LogP contribution in [-0.2, 0) is 6.42 Å². The Balaban J connectivity index is 1.92. The van der Waals surface area contributed by atoms with Crippen molar-refractivity contribution >= 4 is 52.4 Å². The van der Waals surface area contributed by atoms with Gasteiger partial charge in [-0.1, -0.05) is 40.0 Å². The van der Waals surface area contributed by atoms with Crippen LogP contribution in [-0.4, -0.2) is 26.8 Å². The lowest BCUT2D eigenvalue weighted by molar-refractivity contribution is 0.103. The van der Waals surface area contributed by atoms with Crippen LogP contribution in [0.2, 0.25) is 15.1 Å². The van der Waals surface area contributed by atoms with Crippen LogP contribution in [0, 0.1) is 0 Å². The van der Waals surface area contributed by atoms with Gasteiger partial charge in [-0.05, 0) is 42.0 Å². The molecule has 7 nitrogen and oxygen atoms in total. The van der Waals surface area contributed by atoms with Gasteiger partial charge in [0.05, 0.1) is 15.6 Å². The molecule has 0 saturated heterocycles. The molecular weight excluding hydrogens is 413 g/mol. The van der Waals surface area contributed by atoms with Crippen molar-refractivity contribution in [1.29, 1.82) is 0 Å². The summed E-state index contributed by atoms with van der Waals surface area (Å²) in [5.41, 5.74) is 12.5. The Morgan fingerprint density at radius 1 is 1.04 bits per heavy atom. The summed E-state index contributed by atoms with van der Waals surface area (Å²) in [4.78, 5) is 23.9. The van der Waals surface area contributed by atoms with E-state index in [0.717, 1.165) is 4.68 Å². The molecule has 0 aliphatic heterocycles. The van der Waals surface area contributed by atoms with Crippen molar-refractivity contribution in [2.75, 3.05) is 5.73 Å². The Kier molecular flexibility index (Phi) is 5.36. The van der Waals surface area contributed by atoms with E-state index in [1.165, 1.54) is 0 Å². The molecule has 0 atom stereocenters. The fourth-order valence-corrected chi connectivity index (χ4v) is 3.32. The van der Waals surface area contributed by atoms with Gasteiger partial charge >= 0.3 is 6.03 Å². The number of carbonyl (C=O) groups is 2. The maximum absolute atomic E-state index is 12.7. The Labute approximate surface area is 168 Å². The molecule has 1 heterocycles. The molecule has 3 aromatic rings. The lowest BCUT2D eigenvalue weighted by atomic mass is 10.0. The van der Waals surface area contributed by atoms with Crippen LogP contribution >= 0.6 is 34.8 Å². The normalized spacial score (nSPS) is 10.8. The highest BCUT2D eigenvalue weighted by molar-refractivity contribution is 6.41. The molecule has 10 heteroatoms. The molecule has 0 bridgehead atoms. The Hall–Kier alpha value is -2.61. The number of ketones is 1. The highest BCUT2D eigenvalue weighted by atomic mass is 35.5. The van der Waals surface area contributed by atoms with Crippen molar-refractivity contribution in [3.63, 3.8) is 0 Å². The standard InChI is InChI=1S/C17H12Cl3N5O2/c18-10-3-1-9(2-4-10)15(26)14-11(19)5-8(6-12(14)20)7-13-16(21)25(17(22)27)24-23-13/h1-6H,7,21H2,(H2,22,27). The van der Waals surface area contributed by atoms with Gasteiger partial charge in [0, 0.05) is 17.0 Å². The average Bonchev–Trinajstić information content (AvgIpc) is 2.95. The van der Waals surface area contributed by atoms with Crippen LogP contribution < -0.4 is 11.5 Å². The first-order valence-electron chi connectivity index (χ1n) is 7.56. The topological polar surface area (TPSA) is 117 Å². The third kappa shape index (κ3) is 3.90. The number of hydrogen-bond donors (Lipinski definition) is 2. The minimum absolute atomic E-state index is 0.0241. The van der Waals surface area contributed by atoms with E-state index in [1.54, 1.807) is 36.4 Å². The first-order chi connectivity index (χ1) is 12.8. The Morgan fingerprint density at radius 2 is 1.63 bits per heavy atom. The molecule has 0 aliphatic rings. The number of benzene rings is 2. The summed E-state index contributed by atoms with van der Waals surface area (Å²) in [7, 11) is 0. The third-order valence-corrected chi connectivity index (χ3v) is 4.64. The van der Waals surface area contributed by atoms with Crippen LogP contribution in [0.25, 0.3) is 0 Å². The summed E-state index contributed by atoms with van der Waals surface area (Å²) in [6.45, 7) is 0. The maximum Gasteiger partial charge on any atom is 0.342 e. The van der Waals surface area contributed by atoms with E-state index in [9.17, 15) is 9.59 Å². The van der Waals surface area contributed by atoms with E-state index in [2.05, 4.69) is 10.3 Å². The van der Waals surface area contributed by atoms with E-state index in [1.807, 2.05) is 0 Å². The number of rotatable bonds is 4. The second-order valence-corrected chi connectivity index (χ2v) is 6.87. The third-order valence-electron chi connectivity index (χ3n) is 3.79. The van der Waals surface area contributed by atoms with Crippen LogP contribution in [0.3, 0.4) is 0 Å². The summed E-state index contributed by atoms with van der Waals surface area (Å²) in [5.74, 6) is -0.302. The van der Waals surface area contributed by atoms with Crippen LogP contribution in [0.4, 0.5) is 10.6 Å². The first kappa shape index (κ1) is 19.2. The number of nitrogens with zero attached hydrogens (tertiary/aromatic N) is 3. The fourth-order valence-electron chi connectivity index (χ4n) is 2.49. The number of nitrogens with two attached hydrogens (primary N) is 2. The van der Waals surface area contributed by atoms with Gasteiger partial charge in [0.2, 0.25) is 0 Å². The zero-order valence-electron chi connectivity index (χ0n) is 13.6. The average molecular weight is 425 g/mol. The quantitative estimate of drug-likeness (QED) is 0.621. The van der Waals surface area contributed by atoms with E-state index in [4.69, 9.17) is 46.3 Å². The van der Waals surface area contributed by atoms with Gasteiger partial charge in [0.25, 0.3) is 0 Å². The highest BCUT2D eigenvalue weighted by Crippen LogP contribution is 2.30. The highest BCUT2D eigenvalue weighted by Gasteiger charge is 2.20. The number of aromatic nitrogens is 3. The summed E-state index contributed by atoms with van der Waals surface area (Å²) < 4.78 is 0.789. The van der Waals surface area contributed by atoms with Gasteiger partial charge in [-0.3, -0.25) is 4.79 Å². The molecule has 0 fully saturated rings. The maximum atomic E-state index is 12.7. The fraction of sp³-hybridized carbons (Fsp3) is 0.0588. The van der Waals surface area contributed by atoms with Crippen LogP contribution in [0.15, 0.2) is 36.4 Å². The number of primary amides is 1. The number of amides is 1. The molecule has 4 N–H and O–H groups in total. The van der Waals surface area contributed by atoms with Gasteiger partial charge in [-0.2, -0.15) is 0 Å². The lowest BCUT2D eigenvalue weighted by Crippen LogP contribution is -2.22. The van der Waals surface area contributed by atoms with Gasteiger partial charge in [0.15, 0.2) is 11.6 Å². The minimum Gasteiger partial charge on any atom is -0.382 e. The van der Waals surface area contributed by atoms with Crippen LogP contribution in [0.1, 0.15) is 27.2 Å². The number of hydrogen-bond acceptors (Lipinski definition) is 5. The second kappa shape index (κ2) is 7.56. The van der Waals surface area contributed by atoms with Crippen molar-refractivity contribution in [1.82, 2.24) is 15.0 Å². The zero-order valence-corrected chi connectivity index (χ0v) is 15.9. The van der Waals surface area contributed by atoms with E-state index in [0.29, 0.717) is 21.8 Å². The summed E-state index contributed by atoms with van der Waals surface area (Å²) >= 11 is 18.4. The number of anilines is 1. The monoisotopic (exact) mass is 423 g/mol. The predicted molar refractivity (Wildman–Crippen MR) is 104 cm³/mol. The molecule has 138 valence electrons. The lowest BCUT2D eigenvalue weighted by Gasteiger charge is -2.09. The molecule has 0 radical (unpaired) electrons. The van der Waals surface area contributed by atoms with Crippen LogP contribution in [0.5, 0.6) is 0 Å². The smallest absolute Gasteiger partial charge is 0.342 e. The molecule has 27 heavy (non-hydrogen) atoms. The molecule has 3 rings (SSSR count). The largest absolute Gasteiger partial charge is 0.382 e.